The predicted molar refractivity (Wildman–Crippen MR) is 65.3 cm³/mol. The highest BCUT2D eigenvalue weighted by Crippen LogP contribution is 2.10. The number of nitrogens with two attached hydrogens (primary N) is 1. The first kappa shape index (κ1) is 12.7. The Morgan fingerprint density at radius 1 is 1.69 bits per heavy atom. The van der Waals surface area contributed by atoms with Gasteiger partial charge in [0, 0.05) is 31.9 Å². The summed E-state index contributed by atoms with van der Waals surface area (Å²) in [5.74, 6) is 1.28. The van der Waals surface area contributed by atoms with Crippen molar-refractivity contribution in [1.82, 2.24) is 14.5 Å². The quantitative estimate of drug-likeness (QED) is 0.557. The van der Waals surface area contributed by atoms with E-state index >= 15 is 0 Å². The predicted octanol–water partition coefficient (Wildman–Crippen LogP) is 0.957. The Balaban J connectivity index is 2.59. The second kappa shape index (κ2) is 5.65. The second-order valence-electron chi connectivity index (χ2n) is 4.16. The van der Waals surface area contributed by atoms with E-state index in [1.807, 2.05) is 24.9 Å². The van der Waals surface area contributed by atoms with Crippen molar-refractivity contribution in [3.63, 3.8) is 0 Å². The molecule has 0 saturated carbocycles. The maximum atomic E-state index is 7.34. The third-order valence-electron chi connectivity index (χ3n) is 2.86. The monoisotopic (exact) mass is 223 g/mol. The van der Waals surface area contributed by atoms with E-state index in [1.54, 1.807) is 6.20 Å². The van der Waals surface area contributed by atoms with Crippen LogP contribution in [0, 0.1) is 5.41 Å². The largest absolute Gasteiger partial charge is 0.388 e. The van der Waals surface area contributed by atoms with Crippen LogP contribution >= 0.6 is 0 Å². The first-order chi connectivity index (χ1) is 7.54. The molecule has 0 radical (unpaired) electrons. The van der Waals surface area contributed by atoms with Gasteiger partial charge in [-0.25, -0.2) is 4.98 Å². The topological polar surface area (TPSA) is 70.9 Å². The maximum absolute atomic E-state index is 7.34. The van der Waals surface area contributed by atoms with E-state index in [4.69, 9.17) is 11.1 Å². The van der Waals surface area contributed by atoms with E-state index in [9.17, 15) is 0 Å². The number of aryl methyl sites for hydroxylation is 1. The van der Waals surface area contributed by atoms with E-state index in [1.165, 1.54) is 0 Å². The zero-order valence-electron chi connectivity index (χ0n) is 10.3. The van der Waals surface area contributed by atoms with E-state index in [0.717, 1.165) is 18.8 Å². The number of aromatic nitrogens is 2. The summed E-state index contributed by atoms with van der Waals surface area (Å²) in [4.78, 5) is 6.49. The molecule has 1 heterocycles. The van der Waals surface area contributed by atoms with Crippen LogP contribution in [0.2, 0.25) is 0 Å². The first-order valence-corrected chi connectivity index (χ1v) is 5.54. The molecule has 0 aromatic carbocycles. The first-order valence-electron chi connectivity index (χ1n) is 5.54. The smallest absolute Gasteiger partial charge is 0.122 e. The van der Waals surface area contributed by atoms with Gasteiger partial charge in [-0.3, -0.25) is 10.3 Å². The minimum absolute atomic E-state index is 0.249. The number of nitrogens with zero attached hydrogens (tertiary/aromatic N) is 3. The number of rotatable bonds is 6. The summed E-state index contributed by atoms with van der Waals surface area (Å²) in [7, 11) is 4.04. The molecule has 1 unspecified atom stereocenters. The minimum Gasteiger partial charge on any atom is -0.388 e. The highest BCUT2D eigenvalue weighted by molar-refractivity contribution is 5.77. The molecular formula is C11H21N5. The molecule has 16 heavy (non-hydrogen) atoms. The molecule has 0 aliphatic rings. The number of hydrogen-bond donors (Lipinski definition) is 2. The van der Waals surface area contributed by atoms with Gasteiger partial charge in [-0.2, -0.15) is 0 Å². The van der Waals surface area contributed by atoms with Crippen LogP contribution in [-0.4, -0.2) is 33.4 Å². The summed E-state index contributed by atoms with van der Waals surface area (Å²) >= 11 is 0. The van der Waals surface area contributed by atoms with E-state index in [2.05, 4.69) is 16.8 Å². The van der Waals surface area contributed by atoms with Gasteiger partial charge in [0.1, 0.15) is 5.82 Å². The van der Waals surface area contributed by atoms with E-state index in [0.29, 0.717) is 12.5 Å². The molecule has 0 bridgehead atoms. The van der Waals surface area contributed by atoms with Crippen LogP contribution in [0.25, 0.3) is 0 Å². The number of hydrogen-bond acceptors (Lipinski definition) is 3. The van der Waals surface area contributed by atoms with Crippen molar-refractivity contribution >= 4 is 5.84 Å². The Morgan fingerprint density at radius 3 is 2.81 bits per heavy atom. The fourth-order valence-corrected chi connectivity index (χ4v) is 1.77. The molecule has 0 saturated heterocycles. The fourth-order valence-electron chi connectivity index (χ4n) is 1.77. The lowest BCUT2D eigenvalue weighted by Crippen LogP contribution is -2.35. The number of imidazole rings is 1. The van der Waals surface area contributed by atoms with Crippen LogP contribution < -0.4 is 5.73 Å². The summed E-state index contributed by atoms with van der Waals surface area (Å²) < 4.78 is 2.01. The summed E-state index contributed by atoms with van der Waals surface area (Å²) in [6.07, 6.45) is 5.35. The third kappa shape index (κ3) is 3.34. The zero-order chi connectivity index (χ0) is 12.1. The Labute approximate surface area is 96.8 Å². The van der Waals surface area contributed by atoms with Gasteiger partial charge in [-0.05, 0) is 13.5 Å². The van der Waals surface area contributed by atoms with Gasteiger partial charge in [-0.1, -0.05) is 6.92 Å². The van der Waals surface area contributed by atoms with Gasteiger partial charge >= 0.3 is 0 Å². The molecule has 5 nitrogen and oxygen atoms in total. The highest BCUT2D eigenvalue weighted by Gasteiger charge is 2.15. The van der Waals surface area contributed by atoms with Crippen LogP contribution in [0.1, 0.15) is 25.6 Å². The average Bonchev–Trinajstić information content (AvgIpc) is 2.60. The molecule has 0 spiro atoms. The van der Waals surface area contributed by atoms with Gasteiger partial charge in [-0.15, -0.1) is 0 Å². The van der Waals surface area contributed by atoms with Crippen LogP contribution in [0.4, 0.5) is 0 Å². The summed E-state index contributed by atoms with van der Waals surface area (Å²) in [5, 5.41) is 7.34. The highest BCUT2D eigenvalue weighted by atomic mass is 15.2. The number of nitrogens with one attached hydrogen (secondary N) is 1. The van der Waals surface area contributed by atoms with Crippen molar-refractivity contribution in [3.8, 4) is 0 Å². The lowest BCUT2D eigenvalue weighted by Gasteiger charge is -2.26. The Kier molecular flexibility index (Phi) is 4.49. The molecule has 1 rings (SSSR count). The third-order valence-corrected chi connectivity index (χ3v) is 2.86. The second-order valence-corrected chi connectivity index (χ2v) is 4.16. The molecule has 90 valence electrons. The van der Waals surface area contributed by atoms with Gasteiger partial charge < -0.3 is 10.3 Å². The Bertz CT molecular complexity index is 344. The van der Waals surface area contributed by atoms with Crippen molar-refractivity contribution in [2.75, 3.05) is 7.05 Å². The maximum Gasteiger partial charge on any atom is 0.122 e. The average molecular weight is 223 g/mol. The SMILES string of the molecule is CCC(CC(=N)N)N(C)Cc1nccn1C. The zero-order valence-corrected chi connectivity index (χ0v) is 10.3. The lowest BCUT2D eigenvalue weighted by atomic mass is 10.1. The molecule has 3 N–H and O–H groups in total. The normalized spacial score (nSPS) is 13.0. The van der Waals surface area contributed by atoms with Crippen molar-refractivity contribution < 1.29 is 0 Å². The molecule has 0 fully saturated rings. The molecule has 0 amide bonds. The molecule has 1 atom stereocenters. The van der Waals surface area contributed by atoms with Gasteiger partial charge in [0.25, 0.3) is 0 Å². The molecule has 0 aliphatic heterocycles. The molecule has 1 aromatic heterocycles. The van der Waals surface area contributed by atoms with Crippen molar-refractivity contribution in [2.24, 2.45) is 12.8 Å². The standard InChI is InChI=1S/C11H21N5/c1-4-9(7-10(12)13)16(3)8-11-14-5-6-15(11)2/h5-6,9H,4,7-8H2,1-3H3,(H3,12,13). The van der Waals surface area contributed by atoms with E-state index in [-0.39, 0.29) is 5.84 Å². The molecule has 1 aromatic rings. The minimum atomic E-state index is 0.249. The van der Waals surface area contributed by atoms with Crippen molar-refractivity contribution in [1.29, 1.82) is 5.41 Å². The Morgan fingerprint density at radius 2 is 2.38 bits per heavy atom. The van der Waals surface area contributed by atoms with Crippen LogP contribution in [-0.2, 0) is 13.6 Å². The summed E-state index contributed by atoms with van der Waals surface area (Å²) in [5.41, 5.74) is 5.45. The van der Waals surface area contributed by atoms with Crippen LogP contribution in [0.15, 0.2) is 12.4 Å². The molecular weight excluding hydrogens is 202 g/mol. The lowest BCUT2D eigenvalue weighted by molar-refractivity contribution is 0.225. The summed E-state index contributed by atoms with van der Waals surface area (Å²) in [6, 6.07) is 0.314. The van der Waals surface area contributed by atoms with Crippen molar-refractivity contribution in [2.45, 2.75) is 32.4 Å². The van der Waals surface area contributed by atoms with Gasteiger partial charge in [0.2, 0.25) is 0 Å². The van der Waals surface area contributed by atoms with Gasteiger partial charge in [0.15, 0.2) is 0 Å². The Hall–Kier alpha value is -1.36. The van der Waals surface area contributed by atoms with Crippen molar-refractivity contribution in [3.05, 3.63) is 18.2 Å². The number of amidine groups is 1. The van der Waals surface area contributed by atoms with Gasteiger partial charge in [0.05, 0.1) is 12.4 Å². The fraction of sp³-hybridized carbons (Fsp3) is 0.636. The van der Waals surface area contributed by atoms with E-state index < -0.39 is 0 Å². The van der Waals surface area contributed by atoms with Crippen LogP contribution in [0.3, 0.4) is 0 Å². The molecule has 5 heteroatoms. The summed E-state index contributed by atoms with van der Waals surface area (Å²) in [6.45, 7) is 2.90. The van der Waals surface area contributed by atoms with Crippen LogP contribution in [0.5, 0.6) is 0 Å². The molecule has 0 aliphatic carbocycles.